The van der Waals surface area contributed by atoms with Crippen molar-refractivity contribution in [3.8, 4) is 10.6 Å². The third kappa shape index (κ3) is 3.38. The van der Waals surface area contributed by atoms with Crippen LogP contribution >= 0.6 is 27.3 Å². The summed E-state index contributed by atoms with van der Waals surface area (Å²) in [5.41, 5.74) is 0.760. The van der Waals surface area contributed by atoms with E-state index in [0.717, 1.165) is 28.5 Å². The number of hydrogen-bond acceptors (Lipinski definition) is 4. The molecule has 6 heteroatoms. The lowest BCUT2D eigenvalue weighted by molar-refractivity contribution is 0.531. The second-order valence-electron chi connectivity index (χ2n) is 4.09. The molecular formula is C13H15BrFN3S. The van der Waals surface area contributed by atoms with Gasteiger partial charge < -0.3 is 5.32 Å². The molecule has 19 heavy (non-hydrogen) atoms. The van der Waals surface area contributed by atoms with Gasteiger partial charge in [0.2, 0.25) is 0 Å². The second-order valence-corrected chi connectivity index (χ2v) is 5.96. The third-order valence-corrected chi connectivity index (χ3v) is 4.49. The molecule has 1 aromatic carbocycles. The van der Waals surface area contributed by atoms with Gasteiger partial charge in [0.1, 0.15) is 15.8 Å². The molecule has 0 amide bonds. The molecule has 1 heterocycles. The molecule has 3 nitrogen and oxygen atoms in total. The highest BCUT2D eigenvalue weighted by Gasteiger charge is 2.15. The Bertz CT molecular complexity index is 559. The number of nitrogens with zero attached hydrogens (tertiary/aromatic N) is 2. The maximum Gasteiger partial charge on any atom is 0.147 e. The average Bonchev–Trinajstić information content (AvgIpc) is 2.88. The molecule has 1 unspecified atom stereocenters. The van der Waals surface area contributed by atoms with Crippen LogP contribution in [0.25, 0.3) is 10.6 Å². The van der Waals surface area contributed by atoms with E-state index in [1.54, 1.807) is 6.07 Å². The Morgan fingerprint density at radius 2 is 2.16 bits per heavy atom. The summed E-state index contributed by atoms with van der Waals surface area (Å²) < 4.78 is 14.0. The van der Waals surface area contributed by atoms with Gasteiger partial charge in [-0.3, -0.25) is 0 Å². The first-order valence-electron chi connectivity index (χ1n) is 6.17. The number of nitrogens with one attached hydrogen (secondary N) is 1. The maximum absolute atomic E-state index is 13.5. The van der Waals surface area contributed by atoms with Crippen LogP contribution in [-0.2, 0) is 0 Å². The van der Waals surface area contributed by atoms with Crippen LogP contribution in [-0.4, -0.2) is 16.7 Å². The molecule has 0 aliphatic rings. The van der Waals surface area contributed by atoms with Gasteiger partial charge in [0.15, 0.2) is 0 Å². The molecule has 1 aromatic heterocycles. The normalized spacial score (nSPS) is 12.6. The van der Waals surface area contributed by atoms with E-state index in [0.29, 0.717) is 4.47 Å². The molecule has 0 fully saturated rings. The Morgan fingerprint density at radius 1 is 1.37 bits per heavy atom. The summed E-state index contributed by atoms with van der Waals surface area (Å²) in [7, 11) is 0. The van der Waals surface area contributed by atoms with E-state index in [2.05, 4.69) is 45.3 Å². The van der Waals surface area contributed by atoms with Gasteiger partial charge in [-0.05, 0) is 41.0 Å². The molecule has 102 valence electrons. The fraction of sp³-hybridized carbons (Fsp3) is 0.385. The van der Waals surface area contributed by atoms with Gasteiger partial charge in [0, 0.05) is 5.56 Å². The molecule has 2 aromatic rings. The molecule has 0 bridgehead atoms. The SMILES string of the molecule is CCNC(CC)c1nnc(-c2ccc(Br)c(F)c2)s1. The molecule has 0 radical (unpaired) electrons. The molecule has 1 N–H and O–H groups in total. The lowest BCUT2D eigenvalue weighted by Crippen LogP contribution is -2.19. The summed E-state index contributed by atoms with van der Waals surface area (Å²) in [6.45, 7) is 5.06. The minimum atomic E-state index is -0.284. The van der Waals surface area contributed by atoms with Crippen molar-refractivity contribution < 1.29 is 4.39 Å². The van der Waals surface area contributed by atoms with Crippen molar-refractivity contribution in [2.45, 2.75) is 26.3 Å². The van der Waals surface area contributed by atoms with Gasteiger partial charge >= 0.3 is 0 Å². The number of aromatic nitrogens is 2. The van der Waals surface area contributed by atoms with Gasteiger partial charge in [-0.15, -0.1) is 10.2 Å². The van der Waals surface area contributed by atoms with Crippen molar-refractivity contribution >= 4 is 27.3 Å². The van der Waals surface area contributed by atoms with Gasteiger partial charge in [0.05, 0.1) is 10.5 Å². The third-order valence-electron chi connectivity index (χ3n) is 2.76. The van der Waals surface area contributed by atoms with Gasteiger partial charge in [-0.1, -0.05) is 31.3 Å². The second kappa shape index (κ2) is 6.54. The highest BCUT2D eigenvalue weighted by molar-refractivity contribution is 9.10. The molecule has 0 aliphatic carbocycles. The van der Waals surface area contributed by atoms with Crippen LogP contribution < -0.4 is 5.32 Å². The predicted octanol–water partition coefficient (Wildman–Crippen LogP) is 4.17. The minimum Gasteiger partial charge on any atom is -0.308 e. The topological polar surface area (TPSA) is 37.8 Å². The number of rotatable bonds is 5. The molecule has 0 saturated carbocycles. The summed E-state index contributed by atoms with van der Waals surface area (Å²) in [5, 5.41) is 13.4. The van der Waals surface area contributed by atoms with Gasteiger partial charge in [-0.2, -0.15) is 0 Å². The molecular weight excluding hydrogens is 329 g/mol. The zero-order valence-electron chi connectivity index (χ0n) is 10.8. The van der Waals surface area contributed by atoms with Gasteiger partial charge in [0.25, 0.3) is 0 Å². The van der Waals surface area contributed by atoms with Crippen LogP contribution in [0.5, 0.6) is 0 Å². The molecule has 0 aliphatic heterocycles. The van der Waals surface area contributed by atoms with Crippen LogP contribution in [0.2, 0.25) is 0 Å². The van der Waals surface area contributed by atoms with Crippen LogP contribution in [0.4, 0.5) is 4.39 Å². The molecule has 2 rings (SSSR count). The number of halogens is 2. The van der Waals surface area contributed by atoms with Crippen molar-refractivity contribution in [1.29, 1.82) is 0 Å². The van der Waals surface area contributed by atoms with Crippen molar-refractivity contribution in [3.05, 3.63) is 33.5 Å². The predicted molar refractivity (Wildman–Crippen MR) is 79.7 cm³/mol. The zero-order chi connectivity index (χ0) is 13.8. The Kier molecular flexibility index (Phi) is 5.01. The van der Waals surface area contributed by atoms with Crippen LogP contribution in [0, 0.1) is 5.82 Å². The highest BCUT2D eigenvalue weighted by Crippen LogP contribution is 2.29. The van der Waals surface area contributed by atoms with Crippen molar-refractivity contribution in [3.63, 3.8) is 0 Å². The maximum atomic E-state index is 13.5. The number of benzene rings is 1. The summed E-state index contributed by atoms with van der Waals surface area (Å²) >= 11 is 4.65. The first kappa shape index (κ1) is 14.6. The monoisotopic (exact) mass is 343 g/mol. The van der Waals surface area contributed by atoms with Crippen LogP contribution in [0.1, 0.15) is 31.3 Å². The summed E-state index contributed by atoms with van der Waals surface area (Å²) in [4.78, 5) is 0. The summed E-state index contributed by atoms with van der Waals surface area (Å²) in [5.74, 6) is -0.284. The Labute approximate surface area is 124 Å². The van der Waals surface area contributed by atoms with E-state index in [4.69, 9.17) is 0 Å². The largest absolute Gasteiger partial charge is 0.308 e. The van der Waals surface area contributed by atoms with E-state index >= 15 is 0 Å². The van der Waals surface area contributed by atoms with Crippen molar-refractivity contribution in [2.75, 3.05) is 6.54 Å². The molecule has 1 atom stereocenters. The summed E-state index contributed by atoms with van der Waals surface area (Å²) in [6.07, 6.45) is 0.956. The van der Waals surface area contributed by atoms with E-state index in [9.17, 15) is 4.39 Å². The van der Waals surface area contributed by atoms with Crippen LogP contribution in [0.15, 0.2) is 22.7 Å². The zero-order valence-corrected chi connectivity index (χ0v) is 13.2. The van der Waals surface area contributed by atoms with E-state index < -0.39 is 0 Å². The quantitative estimate of drug-likeness (QED) is 0.885. The first-order valence-corrected chi connectivity index (χ1v) is 7.78. The van der Waals surface area contributed by atoms with E-state index in [-0.39, 0.29) is 11.9 Å². The lowest BCUT2D eigenvalue weighted by Gasteiger charge is -2.10. The Balaban J connectivity index is 2.27. The fourth-order valence-corrected chi connectivity index (χ4v) is 3.02. The molecule has 0 spiro atoms. The Hall–Kier alpha value is -0.850. The highest BCUT2D eigenvalue weighted by atomic mass is 79.9. The fourth-order valence-electron chi connectivity index (χ4n) is 1.77. The van der Waals surface area contributed by atoms with Crippen molar-refractivity contribution in [2.24, 2.45) is 0 Å². The first-order chi connectivity index (χ1) is 9.15. The number of hydrogen-bond donors (Lipinski definition) is 1. The molecule has 0 saturated heterocycles. The van der Waals surface area contributed by atoms with Gasteiger partial charge in [-0.25, -0.2) is 4.39 Å². The Morgan fingerprint density at radius 3 is 2.79 bits per heavy atom. The lowest BCUT2D eigenvalue weighted by atomic mass is 10.2. The van der Waals surface area contributed by atoms with E-state index in [1.807, 2.05) is 6.07 Å². The standard InChI is InChI=1S/C13H15BrFN3S/c1-3-11(16-4-2)13-18-17-12(19-13)8-5-6-9(14)10(15)7-8/h5-7,11,16H,3-4H2,1-2H3. The van der Waals surface area contributed by atoms with E-state index in [1.165, 1.54) is 17.4 Å². The average molecular weight is 344 g/mol. The summed E-state index contributed by atoms with van der Waals surface area (Å²) in [6, 6.07) is 5.22. The van der Waals surface area contributed by atoms with Crippen molar-refractivity contribution in [1.82, 2.24) is 15.5 Å². The minimum absolute atomic E-state index is 0.219. The smallest absolute Gasteiger partial charge is 0.147 e. The van der Waals surface area contributed by atoms with Crippen LogP contribution in [0.3, 0.4) is 0 Å².